The van der Waals surface area contributed by atoms with Gasteiger partial charge in [0.2, 0.25) is 0 Å². The van der Waals surface area contributed by atoms with E-state index in [1.165, 1.54) is 0 Å². The molecule has 0 aliphatic carbocycles. The highest BCUT2D eigenvalue weighted by Gasteiger charge is 2.14. The van der Waals surface area contributed by atoms with Gasteiger partial charge in [-0.15, -0.1) is 0 Å². The molecule has 4 heteroatoms. The molecule has 0 unspecified atom stereocenters. The van der Waals surface area contributed by atoms with Gasteiger partial charge in [0.15, 0.2) is 0 Å². The number of rotatable bonds is 7. The molecule has 1 aromatic carbocycles. The van der Waals surface area contributed by atoms with Gasteiger partial charge in [-0.2, -0.15) is 5.26 Å². The van der Waals surface area contributed by atoms with E-state index in [1.54, 1.807) is 4.90 Å². The van der Waals surface area contributed by atoms with E-state index in [2.05, 4.69) is 18.3 Å². The molecule has 0 aromatic heterocycles. The standard InChI is InChI=1S/C16H23N3O/c1-4-10-18-15-8-7-14(12-13(15)3)16(20)19(5-2)11-6-9-17/h7-8,12,18H,4-6,10-11H2,1-3H3. The van der Waals surface area contributed by atoms with Crippen LogP contribution in [0.5, 0.6) is 0 Å². The number of hydrogen-bond donors (Lipinski definition) is 1. The van der Waals surface area contributed by atoms with E-state index in [-0.39, 0.29) is 5.91 Å². The maximum Gasteiger partial charge on any atom is 0.253 e. The summed E-state index contributed by atoms with van der Waals surface area (Å²) in [4.78, 5) is 14.1. The predicted octanol–water partition coefficient (Wildman–Crippen LogP) is 3.19. The zero-order chi connectivity index (χ0) is 15.0. The SMILES string of the molecule is CCCNc1ccc(C(=O)N(CC)CCC#N)cc1C. The summed E-state index contributed by atoms with van der Waals surface area (Å²) >= 11 is 0. The smallest absolute Gasteiger partial charge is 0.253 e. The van der Waals surface area contributed by atoms with Crippen LogP contribution in [0.25, 0.3) is 0 Å². The number of anilines is 1. The molecule has 1 amide bonds. The van der Waals surface area contributed by atoms with Gasteiger partial charge in [-0.05, 0) is 44.0 Å². The van der Waals surface area contributed by atoms with Gasteiger partial charge in [0.1, 0.15) is 0 Å². The highest BCUT2D eigenvalue weighted by molar-refractivity contribution is 5.95. The first kappa shape index (κ1) is 16.0. The zero-order valence-corrected chi connectivity index (χ0v) is 12.6. The van der Waals surface area contributed by atoms with E-state index in [9.17, 15) is 4.79 Å². The topological polar surface area (TPSA) is 56.1 Å². The van der Waals surface area contributed by atoms with Crippen LogP contribution in [-0.2, 0) is 0 Å². The number of nitrogens with zero attached hydrogens (tertiary/aromatic N) is 2. The van der Waals surface area contributed by atoms with Crippen molar-refractivity contribution < 1.29 is 4.79 Å². The second-order valence-corrected chi connectivity index (χ2v) is 4.75. The molecule has 1 N–H and O–H groups in total. The van der Waals surface area contributed by atoms with Crippen LogP contribution in [-0.4, -0.2) is 30.4 Å². The first-order valence-electron chi connectivity index (χ1n) is 7.14. The minimum Gasteiger partial charge on any atom is -0.385 e. The number of nitrogens with one attached hydrogen (secondary N) is 1. The number of amides is 1. The van der Waals surface area contributed by atoms with Gasteiger partial charge in [0.05, 0.1) is 12.5 Å². The Hall–Kier alpha value is -2.02. The lowest BCUT2D eigenvalue weighted by Crippen LogP contribution is -2.31. The summed E-state index contributed by atoms with van der Waals surface area (Å²) in [5.74, 6) is -0.00658. The molecule has 0 saturated heterocycles. The summed E-state index contributed by atoms with van der Waals surface area (Å²) in [6, 6.07) is 7.79. The monoisotopic (exact) mass is 273 g/mol. The summed E-state index contributed by atoms with van der Waals surface area (Å²) in [6.07, 6.45) is 1.44. The largest absolute Gasteiger partial charge is 0.385 e. The van der Waals surface area contributed by atoms with Crippen molar-refractivity contribution in [2.45, 2.75) is 33.6 Å². The Morgan fingerprint density at radius 2 is 2.15 bits per heavy atom. The number of hydrogen-bond acceptors (Lipinski definition) is 3. The Labute approximate surface area is 121 Å². The van der Waals surface area contributed by atoms with Gasteiger partial charge < -0.3 is 10.2 Å². The fraction of sp³-hybridized carbons (Fsp3) is 0.500. The minimum absolute atomic E-state index is 0.00658. The second kappa shape index (κ2) is 8.21. The van der Waals surface area contributed by atoms with Gasteiger partial charge in [0.25, 0.3) is 5.91 Å². The van der Waals surface area contributed by atoms with Crippen molar-refractivity contribution >= 4 is 11.6 Å². The van der Waals surface area contributed by atoms with Crippen molar-refractivity contribution in [3.05, 3.63) is 29.3 Å². The van der Waals surface area contributed by atoms with Gasteiger partial charge in [0, 0.05) is 30.9 Å². The summed E-state index contributed by atoms with van der Waals surface area (Å²) in [6.45, 7) is 8.09. The molecular weight excluding hydrogens is 250 g/mol. The lowest BCUT2D eigenvalue weighted by Gasteiger charge is -2.20. The van der Waals surface area contributed by atoms with Gasteiger partial charge in [-0.1, -0.05) is 6.92 Å². The Morgan fingerprint density at radius 3 is 2.70 bits per heavy atom. The third kappa shape index (κ3) is 4.27. The lowest BCUT2D eigenvalue weighted by molar-refractivity contribution is 0.0768. The fourth-order valence-electron chi connectivity index (χ4n) is 2.03. The summed E-state index contributed by atoms with van der Waals surface area (Å²) < 4.78 is 0. The zero-order valence-electron chi connectivity index (χ0n) is 12.6. The molecule has 0 radical (unpaired) electrons. The van der Waals surface area contributed by atoms with Crippen LogP contribution >= 0.6 is 0 Å². The van der Waals surface area contributed by atoms with Crippen LogP contribution in [0.1, 0.15) is 42.6 Å². The second-order valence-electron chi connectivity index (χ2n) is 4.75. The molecule has 4 nitrogen and oxygen atoms in total. The summed E-state index contributed by atoms with van der Waals surface area (Å²) in [7, 11) is 0. The maximum absolute atomic E-state index is 12.4. The lowest BCUT2D eigenvalue weighted by atomic mass is 10.1. The van der Waals surface area contributed by atoms with Crippen molar-refractivity contribution in [3.8, 4) is 6.07 Å². The van der Waals surface area contributed by atoms with Crippen LogP contribution in [0.3, 0.4) is 0 Å². The van der Waals surface area contributed by atoms with Crippen molar-refractivity contribution in [3.63, 3.8) is 0 Å². The van der Waals surface area contributed by atoms with E-state index in [0.717, 1.165) is 24.2 Å². The molecule has 0 atom stereocenters. The van der Waals surface area contributed by atoms with Gasteiger partial charge >= 0.3 is 0 Å². The third-order valence-electron chi connectivity index (χ3n) is 3.20. The number of benzene rings is 1. The molecule has 0 bridgehead atoms. The summed E-state index contributed by atoms with van der Waals surface area (Å²) in [5.41, 5.74) is 2.83. The number of nitriles is 1. The predicted molar refractivity (Wildman–Crippen MR) is 81.8 cm³/mol. The number of aryl methyl sites for hydroxylation is 1. The van der Waals surface area contributed by atoms with Crippen LogP contribution < -0.4 is 5.32 Å². The highest BCUT2D eigenvalue weighted by atomic mass is 16.2. The summed E-state index contributed by atoms with van der Waals surface area (Å²) in [5, 5.41) is 12.0. The molecule has 20 heavy (non-hydrogen) atoms. The third-order valence-corrected chi connectivity index (χ3v) is 3.20. The average molecular weight is 273 g/mol. The average Bonchev–Trinajstić information content (AvgIpc) is 2.46. The minimum atomic E-state index is -0.00658. The van der Waals surface area contributed by atoms with Crippen LogP contribution in [0.4, 0.5) is 5.69 Å². The molecule has 0 fully saturated rings. The van der Waals surface area contributed by atoms with E-state index in [4.69, 9.17) is 5.26 Å². The Bertz CT molecular complexity index is 491. The molecule has 108 valence electrons. The van der Waals surface area contributed by atoms with Crippen LogP contribution in [0, 0.1) is 18.3 Å². The number of carbonyl (C=O) groups is 1. The number of carbonyl (C=O) groups excluding carboxylic acids is 1. The van der Waals surface area contributed by atoms with E-state index in [0.29, 0.717) is 25.1 Å². The van der Waals surface area contributed by atoms with Crippen molar-refractivity contribution in [2.24, 2.45) is 0 Å². The fourth-order valence-corrected chi connectivity index (χ4v) is 2.03. The highest BCUT2D eigenvalue weighted by Crippen LogP contribution is 2.18. The van der Waals surface area contributed by atoms with Crippen molar-refractivity contribution in [2.75, 3.05) is 25.0 Å². The van der Waals surface area contributed by atoms with Gasteiger partial charge in [-0.3, -0.25) is 4.79 Å². The molecule has 0 aliphatic heterocycles. The van der Waals surface area contributed by atoms with E-state index in [1.807, 2.05) is 32.0 Å². The first-order valence-corrected chi connectivity index (χ1v) is 7.14. The van der Waals surface area contributed by atoms with Crippen molar-refractivity contribution in [1.29, 1.82) is 5.26 Å². The molecule has 1 rings (SSSR count). The van der Waals surface area contributed by atoms with E-state index >= 15 is 0 Å². The Kier molecular flexibility index (Phi) is 6.58. The molecule has 0 spiro atoms. The van der Waals surface area contributed by atoms with Crippen LogP contribution in [0.2, 0.25) is 0 Å². The van der Waals surface area contributed by atoms with Crippen LogP contribution in [0.15, 0.2) is 18.2 Å². The molecule has 0 heterocycles. The molecule has 0 aliphatic rings. The first-order chi connectivity index (χ1) is 9.63. The molecule has 0 saturated carbocycles. The van der Waals surface area contributed by atoms with Gasteiger partial charge in [-0.25, -0.2) is 0 Å². The normalized spacial score (nSPS) is 9.90. The van der Waals surface area contributed by atoms with Crippen molar-refractivity contribution in [1.82, 2.24) is 4.90 Å². The molecule has 1 aromatic rings. The Morgan fingerprint density at radius 1 is 1.40 bits per heavy atom. The molecular formula is C16H23N3O. The van der Waals surface area contributed by atoms with E-state index < -0.39 is 0 Å². The maximum atomic E-state index is 12.4. The quantitative estimate of drug-likeness (QED) is 0.830. The Balaban J connectivity index is 2.83.